The van der Waals surface area contributed by atoms with Crippen molar-refractivity contribution in [3.05, 3.63) is 17.8 Å². The van der Waals surface area contributed by atoms with Gasteiger partial charge in [0.15, 0.2) is 0 Å². The molecular formula is C14H24N4. The highest BCUT2D eigenvalue weighted by atomic mass is 15.1. The molecule has 0 saturated carbocycles. The maximum absolute atomic E-state index is 5.75. The van der Waals surface area contributed by atoms with Crippen LogP contribution < -0.4 is 11.1 Å². The Hall–Kier alpha value is -1.29. The van der Waals surface area contributed by atoms with Gasteiger partial charge in [0.1, 0.15) is 5.82 Å². The Morgan fingerprint density at radius 1 is 1.39 bits per heavy atom. The number of likely N-dealkylation sites (tertiary alicyclic amines) is 1. The number of rotatable bonds is 4. The summed E-state index contributed by atoms with van der Waals surface area (Å²) >= 11 is 0. The van der Waals surface area contributed by atoms with E-state index >= 15 is 0 Å². The van der Waals surface area contributed by atoms with E-state index in [0.717, 1.165) is 29.7 Å². The molecular weight excluding hydrogens is 224 g/mol. The van der Waals surface area contributed by atoms with Gasteiger partial charge < -0.3 is 16.0 Å². The van der Waals surface area contributed by atoms with Crippen molar-refractivity contribution in [1.82, 2.24) is 9.88 Å². The van der Waals surface area contributed by atoms with Gasteiger partial charge in [-0.05, 0) is 64.4 Å². The van der Waals surface area contributed by atoms with Gasteiger partial charge in [-0.3, -0.25) is 0 Å². The first-order chi connectivity index (χ1) is 8.65. The number of nitrogens with two attached hydrogens (primary N) is 1. The van der Waals surface area contributed by atoms with Gasteiger partial charge in [-0.1, -0.05) is 0 Å². The summed E-state index contributed by atoms with van der Waals surface area (Å²) in [6.45, 7) is 5.43. The van der Waals surface area contributed by atoms with Crippen molar-refractivity contribution in [3.63, 3.8) is 0 Å². The van der Waals surface area contributed by atoms with Crippen LogP contribution in [-0.4, -0.2) is 36.6 Å². The summed E-state index contributed by atoms with van der Waals surface area (Å²) in [6, 6.07) is 3.87. The van der Waals surface area contributed by atoms with Crippen molar-refractivity contribution in [3.8, 4) is 0 Å². The Bertz CT molecular complexity index is 383. The van der Waals surface area contributed by atoms with Crippen LogP contribution in [0.1, 0.15) is 25.0 Å². The molecule has 0 aliphatic carbocycles. The second kappa shape index (κ2) is 6.05. The van der Waals surface area contributed by atoms with Crippen LogP contribution in [0.3, 0.4) is 0 Å². The van der Waals surface area contributed by atoms with E-state index in [1.807, 2.05) is 19.1 Å². The number of hydrogen-bond acceptors (Lipinski definition) is 4. The first kappa shape index (κ1) is 13.1. The zero-order valence-electron chi connectivity index (χ0n) is 11.4. The summed E-state index contributed by atoms with van der Waals surface area (Å²) in [5, 5.41) is 3.39. The van der Waals surface area contributed by atoms with Crippen molar-refractivity contribution in [2.45, 2.75) is 26.2 Å². The highest BCUT2D eigenvalue weighted by molar-refractivity contribution is 5.48. The van der Waals surface area contributed by atoms with Gasteiger partial charge in [-0.2, -0.15) is 0 Å². The lowest BCUT2D eigenvalue weighted by molar-refractivity contribution is 0.215. The molecule has 1 saturated heterocycles. The van der Waals surface area contributed by atoms with Gasteiger partial charge in [0, 0.05) is 6.54 Å². The predicted molar refractivity (Wildman–Crippen MR) is 76.7 cm³/mol. The van der Waals surface area contributed by atoms with Crippen LogP contribution in [0.25, 0.3) is 0 Å². The summed E-state index contributed by atoms with van der Waals surface area (Å²) in [7, 11) is 2.20. The first-order valence-electron chi connectivity index (χ1n) is 6.80. The molecule has 18 heavy (non-hydrogen) atoms. The van der Waals surface area contributed by atoms with E-state index in [1.54, 1.807) is 0 Å². The molecule has 0 aromatic carbocycles. The minimum atomic E-state index is 0.760. The molecule has 3 N–H and O–H groups in total. The molecule has 0 bridgehead atoms. The second-order valence-corrected chi connectivity index (χ2v) is 5.33. The van der Waals surface area contributed by atoms with Crippen molar-refractivity contribution < 1.29 is 0 Å². The summed E-state index contributed by atoms with van der Waals surface area (Å²) in [5.41, 5.74) is 7.41. The fourth-order valence-corrected chi connectivity index (χ4v) is 2.43. The standard InChI is InChI=1S/C14H24N4/c1-11-13(15)3-4-14(17-11)16-8-5-12-6-9-18(2)10-7-12/h3-4,12H,5-10,15H2,1-2H3,(H,16,17). The molecule has 0 amide bonds. The number of nitrogens with one attached hydrogen (secondary N) is 1. The van der Waals surface area contributed by atoms with Crippen molar-refractivity contribution >= 4 is 11.5 Å². The van der Waals surface area contributed by atoms with Crippen LogP contribution in [0, 0.1) is 12.8 Å². The minimum absolute atomic E-state index is 0.760. The Morgan fingerprint density at radius 3 is 2.78 bits per heavy atom. The van der Waals surface area contributed by atoms with Crippen molar-refractivity contribution in [1.29, 1.82) is 0 Å². The van der Waals surface area contributed by atoms with Crippen LogP contribution in [0.15, 0.2) is 12.1 Å². The van der Waals surface area contributed by atoms with Crippen LogP contribution >= 0.6 is 0 Å². The number of anilines is 2. The van der Waals surface area contributed by atoms with E-state index in [2.05, 4.69) is 22.2 Å². The Balaban J connectivity index is 1.73. The largest absolute Gasteiger partial charge is 0.397 e. The third-order valence-electron chi connectivity index (χ3n) is 3.82. The van der Waals surface area contributed by atoms with E-state index in [1.165, 1.54) is 32.4 Å². The minimum Gasteiger partial charge on any atom is -0.397 e. The average Bonchev–Trinajstić information content (AvgIpc) is 2.36. The number of pyridine rings is 1. The predicted octanol–water partition coefficient (Wildman–Crippen LogP) is 2.12. The molecule has 100 valence electrons. The fraction of sp³-hybridized carbons (Fsp3) is 0.643. The molecule has 4 nitrogen and oxygen atoms in total. The lowest BCUT2D eigenvalue weighted by Crippen LogP contribution is -2.30. The SMILES string of the molecule is Cc1nc(NCCC2CCN(C)CC2)ccc1N. The van der Waals surface area contributed by atoms with Gasteiger partial charge >= 0.3 is 0 Å². The summed E-state index contributed by atoms with van der Waals surface area (Å²) in [4.78, 5) is 6.83. The van der Waals surface area contributed by atoms with E-state index in [4.69, 9.17) is 5.73 Å². The molecule has 4 heteroatoms. The van der Waals surface area contributed by atoms with E-state index in [-0.39, 0.29) is 0 Å². The Labute approximate surface area is 110 Å². The molecule has 0 atom stereocenters. The van der Waals surface area contributed by atoms with Gasteiger partial charge in [0.05, 0.1) is 11.4 Å². The Morgan fingerprint density at radius 2 is 2.11 bits per heavy atom. The third kappa shape index (κ3) is 3.60. The lowest BCUT2D eigenvalue weighted by Gasteiger charge is -2.28. The Kier molecular flexibility index (Phi) is 4.42. The summed E-state index contributed by atoms with van der Waals surface area (Å²) < 4.78 is 0. The highest BCUT2D eigenvalue weighted by Gasteiger charge is 2.15. The average molecular weight is 248 g/mol. The number of hydrogen-bond donors (Lipinski definition) is 2. The van der Waals surface area contributed by atoms with Crippen LogP contribution in [0.5, 0.6) is 0 Å². The van der Waals surface area contributed by atoms with Crippen molar-refractivity contribution in [2.75, 3.05) is 37.7 Å². The maximum Gasteiger partial charge on any atom is 0.126 e. The van der Waals surface area contributed by atoms with Gasteiger partial charge in [-0.15, -0.1) is 0 Å². The quantitative estimate of drug-likeness (QED) is 0.857. The molecule has 1 aromatic rings. The second-order valence-electron chi connectivity index (χ2n) is 5.33. The molecule has 1 aromatic heterocycles. The summed E-state index contributed by atoms with van der Waals surface area (Å²) in [5.74, 6) is 1.80. The number of nitrogen functional groups attached to an aromatic ring is 1. The topological polar surface area (TPSA) is 54.2 Å². The maximum atomic E-state index is 5.75. The van der Waals surface area contributed by atoms with E-state index < -0.39 is 0 Å². The van der Waals surface area contributed by atoms with Gasteiger partial charge in [0.25, 0.3) is 0 Å². The number of nitrogens with zero attached hydrogens (tertiary/aromatic N) is 2. The molecule has 2 heterocycles. The highest BCUT2D eigenvalue weighted by Crippen LogP contribution is 2.19. The first-order valence-corrected chi connectivity index (χ1v) is 6.80. The van der Waals surface area contributed by atoms with Gasteiger partial charge in [-0.25, -0.2) is 4.98 Å². The molecule has 1 aliphatic rings. The number of aryl methyl sites for hydroxylation is 1. The van der Waals surface area contributed by atoms with E-state index in [0.29, 0.717) is 0 Å². The fourth-order valence-electron chi connectivity index (χ4n) is 2.43. The monoisotopic (exact) mass is 248 g/mol. The molecule has 0 radical (unpaired) electrons. The van der Waals surface area contributed by atoms with Gasteiger partial charge in [0.2, 0.25) is 0 Å². The van der Waals surface area contributed by atoms with Crippen LogP contribution in [0.2, 0.25) is 0 Å². The van der Waals surface area contributed by atoms with Crippen molar-refractivity contribution in [2.24, 2.45) is 5.92 Å². The van der Waals surface area contributed by atoms with Crippen LogP contribution in [0.4, 0.5) is 11.5 Å². The smallest absolute Gasteiger partial charge is 0.126 e. The number of aromatic nitrogens is 1. The summed E-state index contributed by atoms with van der Waals surface area (Å²) in [6.07, 6.45) is 3.89. The zero-order valence-corrected chi connectivity index (χ0v) is 11.4. The number of piperidine rings is 1. The normalized spacial score (nSPS) is 17.9. The zero-order chi connectivity index (χ0) is 13.0. The molecule has 2 rings (SSSR count). The van der Waals surface area contributed by atoms with Crippen LogP contribution in [-0.2, 0) is 0 Å². The molecule has 0 spiro atoms. The molecule has 1 aliphatic heterocycles. The lowest BCUT2D eigenvalue weighted by atomic mass is 9.94. The third-order valence-corrected chi connectivity index (χ3v) is 3.82. The molecule has 0 unspecified atom stereocenters. The van der Waals surface area contributed by atoms with E-state index in [9.17, 15) is 0 Å². The molecule has 1 fully saturated rings.